The molecule has 5 heteroatoms. The summed E-state index contributed by atoms with van der Waals surface area (Å²) in [5.41, 5.74) is 1.05. The zero-order chi connectivity index (χ0) is 19.8. The molecule has 1 aliphatic rings. The van der Waals surface area contributed by atoms with E-state index >= 15 is 0 Å². The van der Waals surface area contributed by atoms with Crippen molar-refractivity contribution < 1.29 is 19.4 Å². The number of carbonyl (C=O) groups is 2. The molecule has 0 saturated carbocycles. The molecule has 28 heavy (non-hydrogen) atoms. The highest BCUT2D eigenvalue weighted by Gasteiger charge is 2.39. The van der Waals surface area contributed by atoms with Crippen molar-refractivity contribution in [3.63, 3.8) is 0 Å². The Hall–Kier alpha value is -3.08. The lowest BCUT2D eigenvalue weighted by Gasteiger charge is -2.36. The Morgan fingerprint density at radius 1 is 1.04 bits per heavy atom. The summed E-state index contributed by atoms with van der Waals surface area (Å²) in [6.07, 6.45) is 3.71. The second-order valence-corrected chi connectivity index (χ2v) is 7.06. The number of rotatable bonds is 8. The molecule has 0 fully saturated rings. The molecule has 1 aliphatic heterocycles. The molecule has 2 aromatic rings. The number of benzene rings is 2. The highest BCUT2D eigenvalue weighted by atomic mass is 16.6. The summed E-state index contributed by atoms with van der Waals surface area (Å²) < 4.78 is 5.67. The number of nitrogens with one attached hydrogen (secondary N) is 1. The lowest BCUT2D eigenvalue weighted by Crippen LogP contribution is -2.36. The van der Waals surface area contributed by atoms with Crippen molar-refractivity contribution in [1.82, 2.24) is 5.32 Å². The maximum absolute atomic E-state index is 12.1. The van der Waals surface area contributed by atoms with E-state index in [2.05, 4.69) is 5.32 Å². The fourth-order valence-corrected chi connectivity index (χ4v) is 3.51. The molecule has 0 aromatic heterocycles. The predicted octanol–water partition coefficient (Wildman–Crippen LogP) is 4.15. The number of esters is 1. The Bertz CT molecular complexity index is 832. The molecule has 0 spiro atoms. The number of ether oxygens (including phenoxy) is 1. The fourth-order valence-electron chi connectivity index (χ4n) is 3.51. The monoisotopic (exact) mass is 379 g/mol. The third-order valence-electron chi connectivity index (χ3n) is 4.91. The van der Waals surface area contributed by atoms with Crippen LogP contribution in [-0.2, 0) is 26.5 Å². The molecule has 0 radical (unpaired) electrons. The van der Waals surface area contributed by atoms with Crippen LogP contribution >= 0.6 is 0 Å². The van der Waals surface area contributed by atoms with Gasteiger partial charge >= 0.3 is 5.97 Å². The summed E-state index contributed by atoms with van der Waals surface area (Å²) in [6, 6.07) is 19.3. The van der Waals surface area contributed by atoms with Crippen molar-refractivity contribution in [2.45, 2.75) is 44.2 Å². The number of hydrogen-bond acceptors (Lipinski definition) is 4. The molecule has 0 aliphatic carbocycles. The van der Waals surface area contributed by atoms with Gasteiger partial charge in [0.25, 0.3) is 0 Å². The number of amides is 1. The Morgan fingerprint density at radius 3 is 2.39 bits per heavy atom. The van der Waals surface area contributed by atoms with E-state index in [0.29, 0.717) is 32.2 Å². The smallest absolute Gasteiger partial charge is 0.335 e. The molecule has 2 N–H and O–H groups in total. The molecular formula is C23H25NO4. The van der Waals surface area contributed by atoms with Crippen molar-refractivity contribution in [2.75, 3.05) is 0 Å². The predicted molar refractivity (Wildman–Crippen MR) is 106 cm³/mol. The van der Waals surface area contributed by atoms with Crippen LogP contribution in [0.15, 0.2) is 72.5 Å². The number of carbonyl (C=O) groups excluding carboxylic acids is 2. The average molecular weight is 379 g/mol. The zero-order valence-electron chi connectivity index (χ0n) is 15.8. The van der Waals surface area contributed by atoms with Crippen molar-refractivity contribution in [3.8, 4) is 0 Å². The van der Waals surface area contributed by atoms with Crippen LogP contribution in [0.4, 0.5) is 0 Å². The molecule has 3 rings (SSSR count). The average Bonchev–Trinajstić information content (AvgIpc) is 2.70. The highest BCUT2D eigenvalue weighted by Crippen LogP contribution is 2.39. The summed E-state index contributed by atoms with van der Waals surface area (Å²) in [5.74, 6) is -0.505. The summed E-state index contributed by atoms with van der Waals surface area (Å²) in [7, 11) is 0. The number of aliphatic hydroxyl groups is 1. The van der Waals surface area contributed by atoms with E-state index in [1.807, 2.05) is 60.7 Å². The van der Waals surface area contributed by atoms with Crippen LogP contribution in [0.5, 0.6) is 0 Å². The van der Waals surface area contributed by atoms with Gasteiger partial charge in [-0.05, 0) is 30.4 Å². The molecule has 0 saturated heterocycles. The van der Waals surface area contributed by atoms with Gasteiger partial charge in [-0.15, -0.1) is 0 Å². The van der Waals surface area contributed by atoms with Gasteiger partial charge < -0.3 is 15.2 Å². The van der Waals surface area contributed by atoms with Crippen LogP contribution < -0.4 is 5.32 Å². The Labute approximate surface area is 165 Å². The van der Waals surface area contributed by atoms with Crippen molar-refractivity contribution in [3.05, 3.63) is 83.6 Å². The first-order valence-electron chi connectivity index (χ1n) is 9.56. The largest absolute Gasteiger partial charge is 0.512 e. The van der Waals surface area contributed by atoms with Gasteiger partial charge in [-0.3, -0.25) is 4.79 Å². The number of hydrogen-bond donors (Lipinski definition) is 2. The summed E-state index contributed by atoms with van der Waals surface area (Å²) >= 11 is 0. The van der Waals surface area contributed by atoms with E-state index < -0.39 is 11.6 Å². The van der Waals surface area contributed by atoms with Crippen molar-refractivity contribution in [1.29, 1.82) is 0 Å². The van der Waals surface area contributed by atoms with E-state index in [1.165, 1.54) is 0 Å². The minimum atomic E-state index is -0.877. The van der Waals surface area contributed by atoms with Gasteiger partial charge in [0, 0.05) is 19.4 Å². The van der Waals surface area contributed by atoms with Crippen LogP contribution in [0.25, 0.3) is 0 Å². The Balaban J connectivity index is 1.53. The lowest BCUT2D eigenvalue weighted by atomic mass is 9.83. The van der Waals surface area contributed by atoms with E-state index in [-0.39, 0.29) is 18.1 Å². The first-order chi connectivity index (χ1) is 13.6. The second kappa shape index (κ2) is 9.22. The van der Waals surface area contributed by atoms with Gasteiger partial charge in [0.05, 0.1) is 6.08 Å². The minimum absolute atomic E-state index is 0.000922. The van der Waals surface area contributed by atoms with Gasteiger partial charge in [-0.25, -0.2) is 4.79 Å². The normalized spacial score (nSPS) is 18.9. The Morgan fingerprint density at radius 2 is 1.71 bits per heavy atom. The van der Waals surface area contributed by atoms with Crippen molar-refractivity contribution in [2.24, 2.45) is 0 Å². The standard InChI is InChI=1S/C23H25NO4/c25-20-15-22(27)28-23(16-20,19-11-5-2-6-12-19)14-8-7-13-21(26)24-17-18-9-3-1-4-10-18/h1-6,9-12,15,25H,7-8,13-14,16-17H2,(H,24,26). The maximum Gasteiger partial charge on any atom is 0.335 e. The van der Waals surface area contributed by atoms with Crippen LogP contribution in [0.1, 0.15) is 43.2 Å². The molecule has 1 unspecified atom stereocenters. The number of cyclic esters (lactones) is 1. The first kappa shape index (κ1) is 19.7. The van der Waals surface area contributed by atoms with Crippen LogP contribution in [0.3, 0.4) is 0 Å². The summed E-state index contributed by atoms with van der Waals surface area (Å²) in [6.45, 7) is 0.518. The zero-order valence-corrected chi connectivity index (χ0v) is 15.8. The van der Waals surface area contributed by atoms with Gasteiger partial charge in [0.1, 0.15) is 11.4 Å². The van der Waals surface area contributed by atoms with Crippen LogP contribution in [-0.4, -0.2) is 17.0 Å². The number of unbranched alkanes of at least 4 members (excludes halogenated alkanes) is 1. The molecule has 1 heterocycles. The lowest BCUT2D eigenvalue weighted by molar-refractivity contribution is -0.159. The molecule has 0 bridgehead atoms. The van der Waals surface area contributed by atoms with E-state index in [0.717, 1.165) is 17.2 Å². The summed E-state index contributed by atoms with van der Waals surface area (Å²) in [5, 5.41) is 12.9. The maximum atomic E-state index is 12.1. The Kier molecular flexibility index (Phi) is 6.48. The first-order valence-corrected chi connectivity index (χ1v) is 9.56. The highest BCUT2D eigenvalue weighted by molar-refractivity contribution is 5.84. The van der Waals surface area contributed by atoms with E-state index in [4.69, 9.17) is 4.74 Å². The third kappa shape index (κ3) is 5.22. The topological polar surface area (TPSA) is 75.6 Å². The van der Waals surface area contributed by atoms with E-state index in [1.54, 1.807) is 0 Å². The molecule has 5 nitrogen and oxygen atoms in total. The molecule has 2 aromatic carbocycles. The summed E-state index contributed by atoms with van der Waals surface area (Å²) in [4.78, 5) is 24.0. The quantitative estimate of drug-likeness (QED) is 0.534. The minimum Gasteiger partial charge on any atom is -0.512 e. The number of aliphatic hydroxyl groups excluding tert-OH is 1. The van der Waals surface area contributed by atoms with Crippen LogP contribution in [0, 0.1) is 0 Å². The fraction of sp³-hybridized carbons (Fsp3) is 0.304. The van der Waals surface area contributed by atoms with Crippen LogP contribution in [0.2, 0.25) is 0 Å². The van der Waals surface area contributed by atoms with Gasteiger partial charge in [-0.1, -0.05) is 60.7 Å². The molecule has 1 amide bonds. The van der Waals surface area contributed by atoms with Gasteiger partial charge in [0.2, 0.25) is 5.91 Å². The van der Waals surface area contributed by atoms with Gasteiger partial charge in [-0.2, -0.15) is 0 Å². The van der Waals surface area contributed by atoms with E-state index in [9.17, 15) is 14.7 Å². The third-order valence-corrected chi connectivity index (χ3v) is 4.91. The van der Waals surface area contributed by atoms with Gasteiger partial charge in [0.15, 0.2) is 0 Å². The molecule has 1 atom stereocenters. The van der Waals surface area contributed by atoms with Crippen molar-refractivity contribution >= 4 is 11.9 Å². The molecular weight excluding hydrogens is 354 g/mol. The SMILES string of the molecule is O=C(CCCCC1(c2ccccc2)CC(O)=CC(=O)O1)NCc1ccccc1. The molecule has 146 valence electrons. The second-order valence-electron chi connectivity index (χ2n) is 7.06.